The number of methoxy groups -OCH3 is 1. The number of carbonyl (C=O) groups excluding carboxylic acids is 1. The summed E-state index contributed by atoms with van der Waals surface area (Å²) in [6.07, 6.45) is 0.209. The SMILES string of the molecule is COC(=O)N(CC(=O)O)Cc1cc(OCc2nc(-c3ccc(S(C)(=O)=O)cc3)oc2C)ccc1F. The van der Waals surface area contributed by atoms with E-state index in [4.69, 9.17) is 14.3 Å². The summed E-state index contributed by atoms with van der Waals surface area (Å²) in [4.78, 5) is 28.2. The summed E-state index contributed by atoms with van der Waals surface area (Å²) in [7, 11) is -2.23. The van der Waals surface area contributed by atoms with Crippen molar-refractivity contribution in [2.45, 2.75) is 25.0 Å². The maximum atomic E-state index is 14.3. The van der Waals surface area contributed by atoms with Crippen molar-refractivity contribution in [3.63, 3.8) is 0 Å². The molecular weight excluding hydrogens is 483 g/mol. The number of amides is 1. The molecule has 10 nitrogen and oxygen atoms in total. The highest BCUT2D eigenvalue weighted by atomic mass is 32.2. The molecule has 0 saturated carbocycles. The van der Waals surface area contributed by atoms with Gasteiger partial charge >= 0.3 is 12.1 Å². The van der Waals surface area contributed by atoms with Gasteiger partial charge in [-0.3, -0.25) is 9.69 Å². The van der Waals surface area contributed by atoms with E-state index in [2.05, 4.69) is 9.72 Å². The predicted molar refractivity (Wildman–Crippen MR) is 121 cm³/mol. The second-order valence-corrected chi connectivity index (χ2v) is 9.60. The number of carboxylic acid groups (broad SMARTS) is 1. The molecule has 3 aromatic rings. The van der Waals surface area contributed by atoms with Crippen LogP contribution in [-0.2, 0) is 32.5 Å². The first-order valence-corrected chi connectivity index (χ1v) is 12.1. The van der Waals surface area contributed by atoms with Crippen LogP contribution in [0.1, 0.15) is 17.0 Å². The van der Waals surface area contributed by atoms with E-state index >= 15 is 0 Å². The van der Waals surface area contributed by atoms with Gasteiger partial charge in [-0.2, -0.15) is 0 Å². The summed E-state index contributed by atoms with van der Waals surface area (Å²) in [5.74, 6) is -0.889. The summed E-state index contributed by atoms with van der Waals surface area (Å²) < 4.78 is 53.5. The van der Waals surface area contributed by atoms with Gasteiger partial charge in [0.2, 0.25) is 5.89 Å². The molecule has 35 heavy (non-hydrogen) atoms. The van der Waals surface area contributed by atoms with Gasteiger partial charge < -0.3 is 19.0 Å². The van der Waals surface area contributed by atoms with Crippen LogP contribution in [0.3, 0.4) is 0 Å². The molecule has 1 aromatic heterocycles. The highest BCUT2D eigenvalue weighted by Crippen LogP contribution is 2.25. The molecule has 0 bridgehead atoms. The Morgan fingerprint density at radius 2 is 1.86 bits per heavy atom. The zero-order valence-electron chi connectivity index (χ0n) is 19.1. The Labute approximate surface area is 200 Å². The van der Waals surface area contributed by atoms with Crippen LogP contribution >= 0.6 is 0 Å². The smallest absolute Gasteiger partial charge is 0.410 e. The lowest BCUT2D eigenvalue weighted by atomic mass is 10.2. The van der Waals surface area contributed by atoms with Crippen molar-refractivity contribution >= 4 is 21.9 Å². The van der Waals surface area contributed by atoms with Crippen molar-refractivity contribution in [1.29, 1.82) is 0 Å². The van der Waals surface area contributed by atoms with E-state index in [1.807, 2.05) is 0 Å². The fraction of sp³-hybridized carbons (Fsp3) is 0.261. The molecule has 0 aliphatic heterocycles. The molecule has 0 spiro atoms. The standard InChI is InChI=1S/C23H23FN2O8S/c1-14-20(25-22(34-14)15-4-7-18(8-5-15)35(3,30)31)13-33-17-6-9-19(24)16(10-17)11-26(12-21(27)28)23(29)32-2/h4-10H,11-13H2,1-3H3,(H,27,28). The zero-order chi connectivity index (χ0) is 25.8. The van der Waals surface area contributed by atoms with E-state index < -0.39 is 34.3 Å². The van der Waals surface area contributed by atoms with Crippen molar-refractivity contribution < 1.29 is 41.4 Å². The van der Waals surface area contributed by atoms with Crippen LogP contribution in [0, 0.1) is 12.7 Å². The second-order valence-electron chi connectivity index (χ2n) is 7.58. The number of hydrogen-bond donors (Lipinski definition) is 1. The Morgan fingerprint density at radius 3 is 2.46 bits per heavy atom. The molecular formula is C23H23FN2O8S. The lowest BCUT2D eigenvalue weighted by Crippen LogP contribution is -2.35. The number of aliphatic carboxylic acids is 1. The molecule has 0 fully saturated rings. The maximum absolute atomic E-state index is 14.3. The van der Waals surface area contributed by atoms with E-state index in [-0.39, 0.29) is 35.3 Å². The first-order chi connectivity index (χ1) is 16.5. The molecule has 0 unspecified atom stereocenters. The number of ether oxygens (including phenoxy) is 2. The number of benzene rings is 2. The van der Waals surface area contributed by atoms with Gasteiger partial charge in [0.25, 0.3) is 0 Å². The van der Waals surface area contributed by atoms with Crippen LogP contribution in [0.25, 0.3) is 11.5 Å². The van der Waals surface area contributed by atoms with Gasteiger partial charge in [-0.15, -0.1) is 0 Å². The number of sulfone groups is 1. The molecule has 3 rings (SSSR count). The molecule has 12 heteroatoms. The Hall–Kier alpha value is -3.93. The minimum absolute atomic E-state index is 0.0162. The van der Waals surface area contributed by atoms with Gasteiger partial charge in [0, 0.05) is 17.4 Å². The van der Waals surface area contributed by atoms with Crippen molar-refractivity contribution in [2.75, 3.05) is 19.9 Å². The van der Waals surface area contributed by atoms with Crippen molar-refractivity contribution in [1.82, 2.24) is 9.88 Å². The first kappa shape index (κ1) is 25.7. The summed E-state index contributed by atoms with van der Waals surface area (Å²) >= 11 is 0. The number of rotatable bonds is 9. The van der Waals surface area contributed by atoms with Gasteiger partial charge in [-0.25, -0.2) is 22.6 Å². The van der Waals surface area contributed by atoms with Gasteiger partial charge in [-0.1, -0.05) is 0 Å². The number of oxazole rings is 1. The number of aryl methyl sites for hydroxylation is 1. The lowest BCUT2D eigenvalue weighted by Gasteiger charge is -2.19. The number of halogens is 1. The monoisotopic (exact) mass is 506 g/mol. The summed E-state index contributed by atoms with van der Waals surface area (Å²) in [5.41, 5.74) is 1.09. The fourth-order valence-electron chi connectivity index (χ4n) is 3.13. The van der Waals surface area contributed by atoms with E-state index in [1.165, 1.54) is 24.3 Å². The molecule has 1 N–H and O–H groups in total. The number of aromatic nitrogens is 1. The molecule has 0 aliphatic rings. The molecule has 0 atom stereocenters. The Morgan fingerprint density at radius 1 is 1.17 bits per heavy atom. The van der Waals surface area contributed by atoms with E-state index in [0.29, 0.717) is 17.0 Å². The summed E-state index contributed by atoms with van der Waals surface area (Å²) in [6.45, 7) is 0.676. The molecule has 2 aromatic carbocycles. The van der Waals surface area contributed by atoms with Gasteiger partial charge in [-0.05, 0) is 49.4 Å². The highest BCUT2D eigenvalue weighted by molar-refractivity contribution is 7.90. The van der Waals surface area contributed by atoms with Crippen molar-refractivity contribution in [3.05, 3.63) is 65.3 Å². The molecule has 0 aliphatic carbocycles. The normalized spacial score (nSPS) is 11.2. The number of carbonyl (C=O) groups is 2. The van der Waals surface area contributed by atoms with Gasteiger partial charge in [0.15, 0.2) is 9.84 Å². The van der Waals surface area contributed by atoms with Gasteiger partial charge in [0.05, 0.1) is 18.6 Å². The molecule has 0 radical (unpaired) electrons. The summed E-state index contributed by atoms with van der Waals surface area (Å²) in [5, 5.41) is 8.99. The highest BCUT2D eigenvalue weighted by Gasteiger charge is 2.20. The average molecular weight is 507 g/mol. The Bertz CT molecular complexity index is 1340. The van der Waals surface area contributed by atoms with Gasteiger partial charge in [0.1, 0.15) is 36.2 Å². The maximum Gasteiger partial charge on any atom is 0.410 e. The van der Waals surface area contributed by atoms with Crippen LogP contribution < -0.4 is 4.74 Å². The molecule has 0 saturated heterocycles. The first-order valence-electron chi connectivity index (χ1n) is 10.2. The zero-order valence-corrected chi connectivity index (χ0v) is 20.0. The van der Waals surface area contributed by atoms with Crippen LogP contribution in [-0.4, -0.2) is 55.4 Å². The number of nitrogens with zero attached hydrogens (tertiary/aromatic N) is 2. The van der Waals surface area contributed by atoms with E-state index in [0.717, 1.165) is 24.3 Å². The van der Waals surface area contributed by atoms with E-state index in [1.54, 1.807) is 19.1 Å². The quantitative estimate of drug-likeness (QED) is 0.463. The Balaban J connectivity index is 1.74. The van der Waals surface area contributed by atoms with Crippen molar-refractivity contribution in [3.8, 4) is 17.2 Å². The lowest BCUT2D eigenvalue weighted by molar-refractivity contribution is -0.138. The predicted octanol–water partition coefficient (Wildman–Crippen LogP) is 3.42. The largest absolute Gasteiger partial charge is 0.487 e. The third-order valence-electron chi connectivity index (χ3n) is 4.93. The fourth-order valence-corrected chi connectivity index (χ4v) is 3.76. The minimum atomic E-state index is -3.33. The number of hydrogen-bond acceptors (Lipinski definition) is 8. The van der Waals surface area contributed by atoms with Crippen LogP contribution in [0.5, 0.6) is 5.75 Å². The molecule has 186 valence electrons. The molecule has 1 heterocycles. The average Bonchev–Trinajstić information content (AvgIpc) is 3.18. The number of carboxylic acids is 1. The summed E-state index contributed by atoms with van der Waals surface area (Å²) in [6, 6.07) is 9.98. The third kappa shape index (κ3) is 6.57. The molecule has 1 amide bonds. The van der Waals surface area contributed by atoms with Crippen molar-refractivity contribution in [2.24, 2.45) is 0 Å². The third-order valence-corrected chi connectivity index (χ3v) is 6.06. The minimum Gasteiger partial charge on any atom is -0.487 e. The topological polar surface area (TPSA) is 136 Å². The Kier molecular flexibility index (Phi) is 7.75. The van der Waals surface area contributed by atoms with Crippen LogP contribution in [0.2, 0.25) is 0 Å². The van der Waals surface area contributed by atoms with Crippen LogP contribution in [0.15, 0.2) is 51.8 Å². The van der Waals surface area contributed by atoms with E-state index in [9.17, 15) is 22.4 Å². The second kappa shape index (κ2) is 10.6. The van der Waals surface area contributed by atoms with Crippen LogP contribution in [0.4, 0.5) is 9.18 Å².